The largest absolute Gasteiger partial charge is 0.497 e. The van der Waals surface area contributed by atoms with Gasteiger partial charge in [0, 0.05) is 31.3 Å². The summed E-state index contributed by atoms with van der Waals surface area (Å²) in [6.07, 6.45) is 2.71. The van der Waals surface area contributed by atoms with Crippen LogP contribution in [0, 0.1) is 0 Å². The first kappa shape index (κ1) is 20.4. The van der Waals surface area contributed by atoms with Crippen LogP contribution < -0.4 is 15.0 Å². The van der Waals surface area contributed by atoms with Crippen molar-refractivity contribution in [2.45, 2.75) is 31.5 Å². The topological polar surface area (TPSA) is 76.8 Å². The van der Waals surface area contributed by atoms with Gasteiger partial charge in [0.1, 0.15) is 11.5 Å². The summed E-state index contributed by atoms with van der Waals surface area (Å²) in [6, 6.07) is 13.1. The maximum atomic E-state index is 12.8. The molecule has 2 heterocycles. The minimum atomic E-state index is -0.922. The van der Waals surface area contributed by atoms with E-state index in [9.17, 15) is 9.90 Å². The maximum Gasteiger partial charge on any atom is 0.261 e. The molecule has 4 rings (SSSR count). The van der Waals surface area contributed by atoms with Crippen molar-refractivity contribution in [2.24, 2.45) is 0 Å². The Morgan fingerprint density at radius 2 is 1.87 bits per heavy atom. The van der Waals surface area contributed by atoms with E-state index in [1.165, 1.54) is 10.9 Å². The molecule has 3 aromatic rings. The van der Waals surface area contributed by atoms with Crippen molar-refractivity contribution in [2.75, 3.05) is 27.3 Å². The maximum absolute atomic E-state index is 12.8. The summed E-state index contributed by atoms with van der Waals surface area (Å²) in [6.45, 7) is 2.47. The first-order chi connectivity index (χ1) is 14.5. The van der Waals surface area contributed by atoms with Crippen LogP contribution in [0.4, 0.5) is 0 Å². The van der Waals surface area contributed by atoms with Crippen LogP contribution in [0.25, 0.3) is 10.9 Å². The lowest BCUT2D eigenvalue weighted by molar-refractivity contribution is -0.0365. The average Bonchev–Trinajstić information content (AvgIpc) is 2.78. The molecule has 2 aromatic carbocycles. The van der Waals surface area contributed by atoms with Crippen LogP contribution in [0.1, 0.15) is 18.4 Å². The smallest absolute Gasteiger partial charge is 0.261 e. The van der Waals surface area contributed by atoms with Crippen LogP contribution in [0.2, 0.25) is 0 Å². The van der Waals surface area contributed by atoms with E-state index in [0.717, 1.165) is 36.7 Å². The molecule has 0 atom stereocenters. The highest BCUT2D eigenvalue weighted by atomic mass is 16.5. The van der Waals surface area contributed by atoms with Crippen LogP contribution in [0.5, 0.6) is 11.5 Å². The van der Waals surface area contributed by atoms with E-state index in [0.29, 0.717) is 23.7 Å². The van der Waals surface area contributed by atoms with Crippen molar-refractivity contribution in [1.29, 1.82) is 0 Å². The number of aromatic nitrogens is 2. The van der Waals surface area contributed by atoms with Gasteiger partial charge in [-0.3, -0.25) is 14.3 Å². The number of fused-ring (bicyclic) bond motifs is 1. The van der Waals surface area contributed by atoms with Crippen molar-refractivity contribution < 1.29 is 14.6 Å². The summed E-state index contributed by atoms with van der Waals surface area (Å²) in [5.74, 6) is 1.56. The number of piperidine rings is 1. The monoisotopic (exact) mass is 409 g/mol. The Kier molecular flexibility index (Phi) is 5.74. The molecule has 7 heteroatoms. The third-order valence-electron chi connectivity index (χ3n) is 5.87. The van der Waals surface area contributed by atoms with E-state index in [1.807, 2.05) is 36.4 Å². The average molecular weight is 409 g/mol. The number of aliphatic hydroxyl groups is 1. The summed E-state index contributed by atoms with van der Waals surface area (Å²) in [5, 5.41) is 11.7. The van der Waals surface area contributed by atoms with E-state index in [1.54, 1.807) is 20.3 Å². The highest BCUT2D eigenvalue weighted by Gasteiger charge is 2.33. The van der Waals surface area contributed by atoms with Gasteiger partial charge in [-0.15, -0.1) is 0 Å². The molecule has 0 unspecified atom stereocenters. The van der Waals surface area contributed by atoms with E-state index in [4.69, 9.17) is 9.47 Å². The second-order valence-corrected chi connectivity index (χ2v) is 7.87. The SMILES string of the molecule is COc1ccc(CN2CCC(O)(Cn3cnc4ccccc4c3=O)CC2)c(OC)c1. The Labute approximate surface area is 175 Å². The van der Waals surface area contributed by atoms with Gasteiger partial charge in [0.25, 0.3) is 5.56 Å². The Hall–Kier alpha value is -2.90. The Morgan fingerprint density at radius 1 is 1.10 bits per heavy atom. The standard InChI is InChI=1S/C23H27N3O4/c1-29-18-8-7-17(21(13-18)30-2)14-25-11-9-23(28,10-12-25)15-26-16-24-20-6-4-3-5-19(20)22(26)27/h3-8,13,16,28H,9-12,14-15H2,1-2H3. The van der Waals surface area contributed by atoms with Crippen molar-refractivity contribution in [3.63, 3.8) is 0 Å². The molecule has 7 nitrogen and oxygen atoms in total. The third kappa shape index (κ3) is 4.17. The van der Waals surface area contributed by atoms with Gasteiger partial charge in [-0.1, -0.05) is 18.2 Å². The number of likely N-dealkylation sites (tertiary alicyclic amines) is 1. The van der Waals surface area contributed by atoms with E-state index < -0.39 is 5.60 Å². The van der Waals surface area contributed by atoms with Crippen LogP contribution in [-0.4, -0.2) is 52.5 Å². The second-order valence-electron chi connectivity index (χ2n) is 7.87. The second kappa shape index (κ2) is 8.45. The Morgan fingerprint density at radius 3 is 2.60 bits per heavy atom. The summed E-state index contributed by atoms with van der Waals surface area (Å²) < 4.78 is 12.3. The van der Waals surface area contributed by atoms with Gasteiger partial charge in [-0.05, 0) is 31.0 Å². The molecule has 1 aromatic heterocycles. The number of methoxy groups -OCH3 is 2. The molecule has 1 aliphatic heterocycles. The lowest BCUT2D eigenvalue weighted by atomic mass is 9.91. The number of rotatable bonds is 6. The van der Waals surface area contributed by atoms with E-state index in [-0.39, 0.29) is 12.1 Å². The van der Waals surface area contributed by atoms with Crippen LogP contribution in [-0.2, 0) is 13.1 Å². The molecule has 0 saturated carbocycles. The van der Waals surface area contributed by atoms with Gasteiger partial charge in [-0.2, -0.15) is 0 Å². The fraction of sp³-hybridized carbons (Fsp3) is 0.391. The lowest BCUT2D eigenvalue weighted by Gasteiger charge is -2.38. The van der Waals surface area contributed by atoms with Crippen molar-refractivity contribution in [1.82, 2.24) is 14.5 Å². The van der Waals surface area contributed by atoms with Gasteiger partial charge < -0.3 is 14.6 Å². The van der Waals surface area contributed by atoms with Crippen LogP contribution >= 0.6 is 0 Å². The molecule has 0 amide bonds. The van der Waals surface area contributed by atoms with Gasteiger partial charge in [0.2, 0.25) is 0 Å². The van der Waals surface area contributed by atoms with E-state index >= 15 is 0 Å². The van der Waals surface area contributed by atoms with Gasteiger partial charge in [0.05, 0.1) is 43.6 Å². The van der Waals surface area contributed by atoms with Crippen LogP contribution in [0.3, 0.4) is 0 Å². The van der Waals surface area contributed by atoms with Gasteiger partial charge in [0.15, 0.2) is 0 Å². The molecule has 1 fully saturated rings. The fourth-order valence-corrected chi connectivity index (χ4v) is 4.04. The third-order valence-corrected chi connectivity index (χ3v) is 5.87. The molecule has 0 radical (unpaired) electrons. The molecular weight excluding hydrogens is 382 g/mol. The first-order valence-electron chi connectivity index (χ1n) is 10.1. The highest BCUT2D eigenvalue weighted by Crippen LogP contribution is 2.29. The number of ether oxygens (including phenoxy) is 2. The number of hydrogen-bond donors (Lipinski definition) is 1. The fourth-order valence-electron chi connectivity index (χ4n) is 4.04. The molecule has 158 valence electrons. The predicted octanol–water partition coefficient (Wildman–Crippen LogP) is 2.44. The van der Waals surface area contributed by atoms with Crippen molar-refractivity contribution >= 4 is 10.9 Å². The summed E-state index contributed by atoms with van der Waals surface area (Å²) in [7, 11) is 3.29. The predicted molar refractivity (Wildman–Crippen MR) is 115 cm³/mol. The Balaban J connectivity index is 1.43. The molecule has 1 saturated heterocycles. The number of hydrogen-bond acceptors (Lipinski definition) is 6. The molecular formula is C23H27N3O4. The minimum Gasteiger partial charge on any atom is -0.497 e. The number of benzene rings is 2. The van der Waals surface area contributed by atoms with Crippen molar-refractivity contribution in [3.05, 3.63) is 64.7 Å². The molecule has 0 aliphatic carbocycles. The van der Waals surface area contributed by atoms with Crippen LogP contribution in [0.15, 0.2) is 53.6 Å². The van der Waals surface area contributed by atoms with Gasteiger partial charge in [-0.25, -0.2) is 4.98 Å². The lowest BCUT2D eigenvalue weighted by Crippen LogP contribution is -2.47. The number of para-hydroxylation sites is 1. The minimum absolute atomic E-state index is 0.112. The molecule has 0 spiro atoms. The summed E-state index contributed by atoms with van der Waals surface area (Å²) >= 11 is 0. The molecule has 0 bridgehead atoms. The number of nitrogens with zero attached hydrogens (tertiary/aromatic N) is 3. The van der Waals surface area contributed by atoms with Crippen molar-refractivity contribution in [3.8, 4) is 11.5 Å². The molecule has 1 N–H and O–H groups in total. The summed E-state index contributed by atoms with van der Waals surface area (Å²) in [5.41, 5.74) is 0.723. The normalized spacial score (nSPS) is 16.5. The Bertz CT molecular complexity index is 1090. The zero-order chi connectivity index (χ0) is 21.1. The first-order valence-corrected chi connectivity index (χ1v) is 10.1. The summed E-state index contributed by atoms with van der Waals surface area (Å²) in [4.78, 5) is 19.4. The zero-order valence-corrected chi connectivity index (χ0v) is 17.4. The highest BCUT2D eigenvalue weighted by molar-refractivity contribution is 5.76. The molecule has 30 heavy (non-hydrogen) atoms. The quantitative estimate of drug-likeness (QED) is 0.674. The molecule has 1 aliphatic rings. The zero-order valence-electron chi connectivity index (χ0n) is 17.4. The van der Waals surface area contributed by atoms with E-state index in [2.05, 4.69) is 9.88 Å². The van der Waals surface area contributed by atoms with Gasteiger partial charge >= 0.3 is 0 Å².